The molecule has 1 fully saturated rings. The molecule has 0 unspecified atom stereocenters. The summed E-state index contributed by atoms with van der Waals surface area (Å²) in [4.78, 5) is 36.8. The zero-order valence-electron chi connectivity index (χ0n) is 14.0. The van der Waals surface area contributed by atoms with Gasteiger partial charge in [0.15, 0.2) is 6.61 Å². The minimum Gasteiger partial charge on any atom is -0.452 e. The van der Waals surface area contributed by atoms with Gasteiger partial charge in [0.1, 0.15) is 0 Å². The summed E-state index contributed by atoms with van der Waals surface area (Å²) in [5, 5.41) is 2.69. The predicted molar refractivity (Wildman–Crippen MR) is 89.3 cm³/mol. The number of benzene rings is 1. The molecule has 0 spiro atoms. The number of ether oxygens (including phenoxy) is 1. The van der Waals surface area contributed by atoms with E-state index in [9.17, 15) is 14.4 Å². The maximum atomic E-state index is 12.1. The van der Waals surface area contributed by atoms with E-state index in [1.165, 1.54) is 6.92 Å². The van der Waals surface area contributed by atoms with Crippen LogP contribution in [0.25, 0.3) is 0 Å². The largest absolute Gasteiger partial charge is 0.452 e. The molecular weight excluding hydrogens is 308 g/mol. The topological polar surface area (TPSA) is 75.7 Å². The summed E-state index contributed by atoms with van der Waals surface area (Å²) in [7, 11) is 0. The quantitative estimate of drug-likeness (QED) is 0.836. The van der Waals surface area contributed by atoms with Gasteiger partial charge in [-0.2, -0.15) is 0 Å². The summed E-state index contributed by atoms with van der Waals surface area (Å²) in [6, 6.07) is 6.78. The first-order valence-electron chi connectivity index (χ1n) is 8.34. The fraction of sp³-hybridized carbons (Fsp3) is 0.500. The molecule has 1 aliphatic rings. The van der Waals surface area contributed by atoms with E-state index in [-0.39, 0.29) is 18.4 Å². The number of carbonyl (C=O) groups is 3. The number of nitrogens with one attached hydrogen (secondary N) is 1. The number of hydrogen-bond acceptors (Lipinski definition) is 4. The second kappa shape index (κ2) is 9.05. The molecule has 0 bridgehead atoms. The van der Waals surface area contributed by atoms with E-state index in [1.807, 2.05) is 0 Å². The van der Waals surface area contributed by atoms with Gasteiger partial charge in [0.05, 0.1) is 5.56 Å². The Kier molecular flexibility index (Phi) is 6.78. The maximum Gasteiger partial charge on any atom is 0.338 e. The van der Waals surface area contributed by atoms with Gasteiger partial charge >= 0.3 is 5.97 Å². The first kappa shape index (κ1) is 18.0. The minimum absolute atomic E-state index is 0.106. The average molecular weight is 332 g/mol. The van der Waals surface area contributed by atoms with Crippen LogP contribution in [0, 0.1) is 0 Å². The number of hydrogen-bond donors (Lipinski definition) is 1. The normalized spacial score (nSPS) is 14.6. The van der Waals surface area contributed by atoms with Crippen molar-refractivity contribution < 1.29 is 19.1 Å². The van der Waals surface area contributed by atoms with Crippen molar-refractivity contribution in [2.75, 3.05) is 19.7 Å². The summed E-state index contributed by atoms with van der Waals surface area (Å²) < 4.78 is 5.12. The van der Waals surface area contributed by atoms with Crippen LogP contribution in [-0.4, -0.2) is 42.4 Å². The molecule has 0 aromatic heterocycles. The predicted octanol–water partition coefficient (Wildman–Crippen LogP) is 1.88. The molecule has 24 heavy (non-hydrogen) atoms. The monoisotopic (exact) mass is 332 g/mol. The molecule has 2 rings (SSSR count). The van der Waals surface area contributed by atoms with Gasteiger partial charge < -0.3 is 15.0 Å². The van der Waals surface area contributed by atoms with Gasteiger partial charge in [0.25, 0.3) is 5.91 Å². The van der Waals surface area contributed by atoms with Crippen LogP contribution in [0.1, 0.15) is 48.5 Å². The average Bonchev–Trinajstić information content (AvgIpc) is 2.87. The molecule has 6 heteroatoms. The lowest BCUT2D eigenvalue weighted by Gasteiger charge is -2.19. The number of carbonyl (C=O) groups excluding carboxylic acids is 3. The van der Waals surface area contributed by atoms with Gasteiger partial charge in [0.2, 0.25) is 5.91 Å². The first-order chi connectivity index (χ1) is 11.6. The Bertz CT molecular complexity index is 575. The third-order valence-electron chi connectivity index (χ3n) is 4.02. The second-order valence-corrected chi connectivity index (χ2v) is 5.98. The number of likely N-dealkylation sites (tertiary alicyclic amines) is 1. The van der Waals surface area contributed by atoms with Crippen LogP contribution in [0.15, 0.2) is 24.3 Å². The zero-order chi connectivity index (χ0) is 17.4. The van der Waals surface area contributed by atoms with Gasteiger partial charge in [-0.1, -0.05) is 25.0 Å². The van der Waals surface area contributed by atoms with E-state index in [2.05, 4.69) is 5.32 Å². The van der Waals surface area contributed by atoms with E-state index >= 15 is 0 Å². The van der Waals surface area contributed by atoms with Crippen molar-refractivity contribution in [3.8, 4) is 0 Å². The fourth-order valence-electron chi connectivity index (χ4n) is 2.61. The molecule has 1 heterocycles. The van der Waals surface area contributed by atoms with Crippen molar-refractivity contribution in [3.05, 3.63) is 35.4 Å². The van der Waals surface area contributed by atoms with Crippen LogP contribution in [0.3, 0.4) is 0 Å². The van der Waals surface area contributed by atoms with Crippen LogP contribution in [-0.2, 0) is 20.9 Å². The van der Waals surface area contributed by atoms with Crippen molar-refractivity contribution >= 4 is 17.8 Å². The fourth-order valence-corrected chi connectivity index (χ4v) is 2.61. The molecular formula is C18H24N2O4. The SMILES string of the molecule is CC(=O)NCc1ccc(C(=O)OCC(=O)N2CCCCCC2)cc1. The van der Waals surface area contributed by atoms with E-state index in [0.717, 1.165) is 44.3 Å². The molecule has 1 N–H and O–H groups in total. The Morgan fingerprint density at radius 2 is 1.67 bits per heavy atom. The Hall–Kier alpha value is -2.37. The van der Waals surface area contributed by atoms with Gasteiger partial charge in [-0.05, 0) is 30.5 Å². The van der Waals surface area contributed by atoms with Gasteiger partial charge in [0, 0.05) is 26.6 Å². The van der Waals surface area contributed by atoms with E-state index in [0.29, 0.717) is 12.1 Å². The number of nitrogens with zero attached hydrogens (tertiary/aromatic N) is 1. The first-order valence-corrected chi connectivity index (χ1v) is 8.34. The van der Waals surface area contributed by atoms with Crippen molar-refractivity contribution in [2.24, 2.45) is 0 Å². The summed E-state index contributed by atoms with van der Waals surface area (Å²) in [6.07, 6.45) is 4.31. The highest BCUT2D eigenvalue weighted by molar-refractivity contribution is 5.91. The van der Waals surface area contributed by atoms with Crippen LogP contribution < -0.4 is 5.32 Å². The highest BCUT2D eigenvalue weighted by Gasteiger charge is 2.17. The Morgan fingerprint density at radius 3 is 2.25 bits per heavy atom. The molecule has 2 amide bonds. The molecule has 1 aromatic rings. The minimum atomic E-state index is -0.510. The van der Waals surface area contributed by atoms with Gasteiger partial charge in [-0.15, -0.1) is 0 Å². The van der Waals surface area contributed by atoms with Crippen LogP contribution >= 0.6 is 0 Å². The summed E-state index contributed by atoms with van der Waals surface area (Å²) in [5.41, 5.74) is 1.28. The highest BCUT2D eigenvalue weighted by atomic mass is 16.5. The van der Waals surface area contributed by atoms with Crippen molar-refractivity contribution in [1.82, 2.24) is 10.2 Å². The molecule has 130 valence electrons. The summed E-state index contributed by atoms with van der Waals surface area (Å²) in [6.45, 7) is 3.14. The molecule has 0 aliphatic carbocycles. The van der Waals surface area contributed by atoms with Gasteiger partial charge in [-0.25, -0.2) is 4.79 Å². The highest BCUT2D eigenvalue weighted by Crippen LogP contribution is 2.10. The molecule has 1 aliphatic heterocycles. The second-order valence-electron chi connectivity index (χ2n) is 5.98. The molecule has 1 aromatic carbocycles. The lowest BCUT2D eigenvalue weighted by Crippen LogP contribution is -2.35. The Balaban J connectivity index is 1.81. The van der Waals surface area contributed by atoms with E-state index < -0.39 is 5.97 Å². The zero-order valence-corrected chi connectivity index (χ0v) is 14.0. The van der Waals surface area contributed by atoms with E-state index in [1.54, 1.807) is 29.2 Å². The number of rotatable bonds is 5. The maximum absolute atomic E-state index is 12.1. The van der Waals surface area contributed by atoms with Crippen molar-refractivity contribution in [3.63, 3.8) is 0 Å². The standard InChI is InChI=1S/C18H24N2O4/c1-14(21)19-12-15-6-8-16(9-7-15)18(23)24-13-17(22)20-10-4-2-3-5-11-20/h6-9H,2-5,10-13H2,1H3,(H,19,21). The third-order valence-corrected chi connectivity index (χ3v) is 4.02. The smallest absolute Gasteiger partial charge is 0.338 e. The van der Waals surface area contributed by atoms with Crippen LogP contribution in [0.2, 0.25) is 0 Å². The van der Waals surface area contributed by atoms with Crippen LogP contribution in [0.4, 0.5) is 0 Å². The van der Waals surface area contributed by atoms with Gasteiger partial charge in [-0.3, -0.25) is 9.59 Å². The molecule has 6 nitrogen and oxygen atoms in total. The summed E-state index contributed by atoms with van der Waals surface area (Å²) >= 11 is 0. The third kappa shape index (κ3) is 5.68. The lowest BCUT2D eigenvalue weighted by atomic mass is 10.1. The Labute approximate surface area is 142 Å². The molecule has 1 saturated heterocycles. The number of amides is 2. The van der Waals surface area contributed by atoms with Crippen molar-refractivity contribution in [1.29, 1.82) is 0 Å². The Morgan fingerprint density at radius 1 is 1.04 bits per heavy atom. The molecule has 0 radical (unpaired) electrons. The summed E-state index contributed by atoms with van der Waals surface area (Å²) in [5.74, 6) is -0.748. The molecule has 0 saturated carbocycles. The van der Waals surface area contributed by atoms with E-state index in [4.69, 9.17) is 4.74 Å². The molecule has 0 atom stereocenters. The van der Waals surface area contributed by atoms with Crippen LogP contribution in [0.5, 0.6) is 0 Å². The lowest BCUT2D eigenvalue weighted by molar-refractivity contribution is -0.134. The number of esters is 1. The van der Waals surface area contributed by atoms with Crippen molar-refractivity contribution in [2.45, 2.75) is 39.2 Å².